The maximum absolute atomic E-state index is 10.7. The minimum absolute atomic E-state index is 0.0416. The first-order valence-corrected chi connectivity index (χ1v) is 4.34. The number of urea groups is 1. The predicted octanol–water partition coefficient (Wildman–Crippen LogP) is -0.418. The van der Waals surface area contributed by atoms with Gasteiger partial charge in [0.25, 0.3) is 0 Å². The zero-order chi connectivity index (χ0) is 12.6. The third-order valence-electron chi connectivity index (χ3n) is 1.52. The van der Waals surface area contributed by atoms with Gasteiger partial charge in [-0.05, 0) is 12.8 Å². The summed E-state index contributed by atoms with van der Waals surface area (Å²) in [4.78, 5) is 30.9. The van der Waals surface area contributed by atoms with E-state index in [1.165, 1.54) is 0 Å². The summed E-state index contributed by atoms with van der Waals surface area (Å²) in [5, 5.41) is 15.0. The number of nitrogens with zero attached hydrogens (tertiary/aromatic N) is 4. The van der Waals surface area contributed by atoms with Gasteiger partial charge in [0.15, 0.2) is 5.22 Å². The topological polar surface area (TPSA) is 157 Å². The van der Waals surface area contributed by atoms with Crippen LogP contribution in [0.1, 0.15) is 19.3 Å². The van der Waals surface area contributed by atoms with Crippen LogP contribution < -0.4 is 11.5 Å². The van der Waals surface area contributed by atoms with Crippen molar-refractivity contribution in [1.29, 1.82) is 0 Å². The lowest BCUT2D eigenvalue weighted by atomic mass is 10.2. The van der Waals surface area contributed by atoms with Gasteiger partial charge in [-0.1, -0.05) is 5.01 Å². The molecule has 0 bridgehead atoms. The first-order valence-electron chi connectivity index (χ1n) is 4.34. The molecule has 0 fully saturated rings. The fraction of sp³-hybridized carbons (Fsp3) is 0.667. The third kappa shape index (κ3) is 7.17. The number of nitro groups is 1. The number of hydrogen-bond acceptors (Lipinski definition) is 5. The highest BCUT2D eigenvalue weighted by Crippen LogP contribution is 1.99. The van der Waals surface area contributed by atoms with E-state index in [0.29, 0.717) is 17.9 Å². The molecule has 3 amide bonds. The van der Waals surface area contributed by atoms with Crippen molar-refractivity contribution < 1.29 is 14.6 Å². The van der Waals surface area contributed by atoms with Crippen LogP contribution in [-0.4, -0.2) is 28.5 Å². The summed E-state index contributed by atoms with van der Waals surface area (Å²) < 4.78 is 0. The minimum Gasteiger partial charge on any atom is -0.370 e. The van der Waals surface area contributed by atoms with Crippen LogP contribution in [0.3, 0.4) is 0 Å². The first kappa shape index (κ1) is 13.7. The Balaban J connectivity index is 4.00. The molecule has 0 radical (unpaired) electrons. The fourth-order valence-electron chi connectivity index (χ4n) is 0.841. The molecule has 0 aromatic rings. The summed E-state index contributed by atoms with van der Waals surface area (Å²) in [6, 6.07) is -0.954. The monoisotopic (exact) mass is 232 g/mol. The maximum atomic E-state index is 10.7. The van der Waals surface area contributed by atoms with E-state index >= 15 is 0 Å². The van der Waals surface area contributed by atoms with Crippen molar-refractivity contribution in [2.45, 2.75) is 19.3 Å². The molecule has 0 aliphatic heterocycles. The lowest BCUT2D eigenvalue weighted by molar-refractivity contribution is -0.496. The molecule has 90 valence electrons. The van der Waals surface area contributed by atoms with Gasteiger partial charge in [-0.3, -0.25) is 4.79 Å². The molecule has 0 saturated heterocycles. The Hall–Kier alpha value is -2.26. The van der Waals surface area contributed by atoms with Gasteiger partial charge < -0.3 is 21.6 Å². The van der Waals surface area contributed by atoms with E-state index in [-0.39, 0.29) is 13.0 Å². The number of amides is 3. The first-order chi connectivity index (χ1) is 7.43. The lowest BCUT2D eigenvalue weighted by Gasteiger charge is -2.05. The Morgan fingerprint density at radius 1 is 1.31 bits per heavy atom. The number of primary amides is 2. The van der Waals surface area contributed by atoms with Crippen molar-refractivity contribution >= 4 is 11.9 Å². The van der Waals surface area contributed by atoms with E-state index in [0.717, 1.165) is 0 Å². The average molecular weight is 232 g/mol. The van der Waals surface area contributed by atoms with Crippen LogP contribution in [0.25, 0.3) is 0 Å². The smallest absolute Gasteiger partial charge is 0.355 e. The second-order valence-electron chi connectivity index (χ2n) is 2.80. The van der Waals surface area contributed by atoms with E-state index in [1.807, 2.05) is 0 Å². The molecule has 0 aliphatic carbocycles. The average Bonchev–Trinajstić information content (AvgIpc) is 2.15. The highest BCUT2D eigenvalue weighted by Gasteiger charge is 2.14. The molecule has 10 nitrogen and oxygen atoms in total. The molecule has 0 unspecified atom stereocenters. The molecule has 4 N–H and O–H groups in total. The van der Waals surface area contributed by atoms with Gasteiger partial charge >= 0.3 is 6.03 Å². The molecule has 0 saturated carbocycles. The molecule has 10 heteroatoms. The maximum Gasteiger partial charge on any atom is 0.355 e. The highest BCUT2D eigenvalue weighted by atomic mass is 16.7. The fourth-order valence-corrected chi connectivity index (χ4v) is 0.841. The van der Waals surface area contributed by atoms with Gasteiger partial charge in [0.05, 0.1) is 11.6 Å². The van der Waals surface area contributed by atoms with Crippen LogP contribution in [0, 0.1) is 10.1 Å². The SMILES string of the molecule is NC(=O)CCCCN(N=N[N+](=O)[O-])C(N)=O. The molecule has 0 rings (SSSR count). The molecular formula is C6H12N6O4. The normalized spacial score (nSPS) is 10.2. The number of nitrogens with two attached hydrogens (primary N) is 2. The summed E-state index contributed by atoms with van der Waals surface area (Å²) in [6.07, 6.45) is 0.995. The summed E-state index contributed by atoms with van der Waals surface area (Å²) in [7, 11) is 0. The Labute approximate surface area is 90.4 Å². The Bertz CT molecular complexity index is 303. The van der Waals surface area contributed by atoms with E-state index in [4.69, 9.17) is 11.5 Å². The highest BCUT2D eigenvalue weighted by molar-refractivity contribution is 5.73. The van der Waals surface area contributed by atoms with Crippen molar-refractivity contribution in [3.63, 3.8) is 0 Å². The van der Waals surface area contributed by atoms with E-state index in [2.05, 4.69) is 10.4 Å². The second-order valence-corrected chi connectivity index (χ2v) is 2.80. The van der Waals surface area contributed by atoms with Gasteiger partial charge in [0, 0.05) is 6.42 Å². The van der Waals surface area contributed by atoms with Crippen LogP contribution >= 0.6 is 0 Å². The van der Waals surface area contributed by atoms with Gasteiger partial charge in [0.1, 0.15) is 0 Å². The standard InChI is InChI=1S/C6H12N6O4/c7-5(13)3-1-2-4-11(6(8)14)9-10-12(15)16/h1-4H2,(H2,7,13)(H2,8,14). The van der Waals surface area contributed by atoms with E-state index in [9.17, 15) is 19.7 Å². The minimum atomic E-state index is -1.06. The summed E-state index contributed by atoms with van der Waals surface area (Å²) in [5.74, 6) is -0.461. The summed E-state index contributed by atoms with van der Waals surface area (Å²) in [5.41, 5.74) is 9.78. The zero-order valence-electron chi connectivity index (χ0n) is 8.40. The molecular weight excluding hydrogens is 220 g/mol. The van der Waals surface area contributed by atoms with Gasteiger partial charge in [0.2, 0.25) is 11.1 Å². The van der Waals surface area contributed by atoms with Crippen molar-refractivity contribution in [2.75, 3.05) is 6.54 Å². The van der Waals surface area contributed by atoms with E-state index < -0.39 is 17.0 Å². The van der Waals surface area contributed by atoms with Crippen LogP contribution in [0.15, 0.2) is 10.4 Å². The summed E-state index contributed by atoms with van der Waals surface area (Å²) >= 11 is 0. The molecule has 0 aromatic carbocycles. The molecule has 0 heterocycles. The number of hydrogen-bond donors (Lipinski definition) is 2. The Morgan fingerprint density at radius 2 is 1.94 bits per heavy atom. The van der Waals surface area contributed by atoms with Gasteiger partial charge in [-0.15, -0.1) is 0 Å². The van der Waals surface area contributed by atoms with Crippen LogP contribution in [0.5, 0.6) is 0 Å². The van der Waals surface area contributed by atoms with Crippen LogP contribution in [-0.2, 0) is 4.79 Å². The van der Waals surface area contributed by atoms with Gasteiger partial charge in [-0.25, -0.2) is 4.79 Å². The lowest BCUT2D eigenvalue weighted by Crippen LogP contribution is -2.32. The zero-order valence-corrected chi connectivity index (χ0v) is 8.40. The van der Waals surface area contributed by atoms with Crippen LogP contribution in [0.2, 0.25) is 0 Å². The predicted molar refractivity (Wildman–Crippen MR) is 51.2 cm³/mol. The Kier molecular flexibility index (Phi) is 6.09. The van der Waals surface area contributed by atoms with Crippen molar-refractivity contribution in [1.82, 2.24) is 5.01 Å². The summed E-state index contributed by atoms with van der Waals surface area (Å²) in [6.45, 7) is 0.0416. The molecule has 16 heavy (non-hydrogen) atoms. The molecule has 0 aliphatic rings. The number of rotatable bonds is 7. The Morgan fingerprint density at radius 3 is 2.38 bits per heavy atom. The van der Waals surface area contributed by atoms with E-state index in [1.54, 1.807) is 0 Å². The number of unbranched alkanes of at least 4 members (excludes halogenated alkanes) is 1. The quantitative estimate of drug-likeness (QED) is 0.264. The van der Waals surface area contributed by atoms with Crippen molar-refractivity contribution in [3.8, 4) is 0 Å². The van der Waals surface area contributed by atoms with Crippen LogP contribution in [0.4, 0.5) is 4.79 Å². The number of carbonyl (C=O) groups excluding carboxylic acids is 2. The third-order valence-corrected chi connectivity index (χ3v) is 1.52. The second kappa shape index (κ2) is 7.09. The molecule has 0 spiro atoms. The molecule has 0 atom stereocenters. The van der Waals surface area contributed by atoms with Crippen molar-refractivity contribution in [3.05, 3.63) is 10.1 Å². The number of carbonyl (C=O) groups is 2. The molecule has 0 aromatic heterocycles. The van der Waals surface area contributed by atoms with Gasteiger partial charge in [-0.2, -0.15) is 0 Å². The largest absolute Gasteiger partial charge is 0.370 e. The van der Waals surface area contributed by atoms with Crippen molar-refractivity contribution in [2.24, 2.45) is 21.9 Å².